The van der Waals surface area contributed by atoms with Crippen LogP contribution in [0.3, 0.4) is 0 Å². The summed E-state index contributed by atoms with van der Waals surface area (Å²) in [5.74, 6) is -0.721. The minimum Gasteiger partial charge on any atom is -0.474 e. The molecule has 2 amide bonds. The molecule has 0 bridgehead atoms. The van der Waals surface area contributed by atoms with Gasteiger partial charge in [0.15, 0.2) is 11.9 Å². The number of pyridine rings is 1. The van der Waals surface area contributed by atoms with Gasteiger partial charge in [-0.05, 0) is 35.2 Å². The Labute approximate surface area is 152 Å². The summed E-state index contributed by atoms with van der Waals surface area (Å²) < 4.78 is 5.59. The second-order valence-corrected chi connectivity index (χ2v) is 6.07. The SMILES string of the molecule is CCCN(CCC)C(=O)CN1C(=O)C(CC)Oc2ccc([N+](=O)[O-])nc21. The first-order chi connectivity index (χ1) is 12.4. The Bertz CT molecular complexity index is 688. The lowest BCUT2D eigenvalue weighted by Gasteiger charge is -2.32. The van der Waals surface area contributed by atoms with E-state index in [4.69, 9.17) is 4.74 Å². The fourth-order valence-corrected chi connectivity index (χ4v) is 2.84. The van der Waals surface area contributed by atoms with E-state index in [1.165, 1.54) is 17.0 Å². The number of amides is 2. The van der Waals surface area contributed by atoms with Crippen LogP contribution in [-0.2, 0) is 9.59 Å². The molecule has 0 fully saturated rings. The Kier molecular flexibility index (Phi) is 6.48. The molecule has 1 unspecified atom stereocenters. The number of carbonyl (C=O) groups is 2. The zero-order valence-electron chi connectivity index (χ0n) is 15.3. The van der Waals surface area contributed by atoms with Crippen molar-refractivity contribution in [2.24, 2.45) is 0 Å². The monoisotopic (exact) mass is 364 g/mol. The Hall–Kier alpha value is -2.71. The normalized spacial score (nSPS) is 16.0. The highest BCUT2D eigenvalue weighted by Gasteiger charge is 2.39. The van der Waals surface area contributed by atoms with Gasteiger partial charge in [0.05, 0.1) is 0 Å². The maximum atomic E-state index is 12.7. The third kappa shape index (κ3) is 4.09. The lowest BCUT2D eigenvalue weighted by Crippen LogP contribution is -2.51. The molecule has 0 aliphatic carbocycles. The molecule has 0 radical (unpaired) electrons. The molecule has 9 heteroatoms. The van der Waals surface area contributed by atoms with Gasteiger partial charge in [-0.3, -0.25) is 14.5 Å². The van der Waals surface area contributed by atoms with Gasteiger partial charge in [-0.2, -0.15) is 0 Å². The topological polar surface area (TPSA) is 106 Å². The van der Waals surface area contributed by atoms with E-state index in [0.717, 1.165) is 12.8 Å². The molecular weight excluding hydrogens is 340 g/mol. The van der Waals surface area contributed by atoms with Gasteiger partial charge in [0, 0.05) is 19.2 Å². The lowest BCUT2D eigenvalue weighted by atomic mass is 10.2. The van der Waals surface area contributed by atoms with Crippen LogP contribution in [0.25, 0.3) is 0 Å². The van der Waals surface area contributed by atoms with Gasteiger partial charge in [0.1, 0.15) is 6.54 Å². The van der Waals surface area contributed by atoms with E-state index in [1.807, 2.05) is 13.8 Å². The third-order valence-electron chi connectivity index (χ3n) is 4.08. The number of ether oxygens (including phenoxy) is 1. The number of rotatable bonds is 8. The molecule has 9 nitrogen and oxygen atoms in total. The van der Waals surface area contributed by atoms with Crippen molar-refractivity contribution in [3.05, 3.63) is 22.2 Å². The Balaban J connectivity index is 2.35. The average molecular weight is 364 g/mol. The molecule has 1 aliphatic rings. The van der Waals surface area contributed by atoms with Crippen molar-refractivity contribution in [2.45, 2.75) is 46.1 Å². The molecule has 142 valence electrons. The average Bonchev–Trinajstić information content (AvgIpc) is 2.62. The molecule has 1 aromatic rings. The summed E-state index contributed by atoms with van der Waals surface area (Å²) in [5, 5.41) is 11.0. The molecule has 0 saturated carbocycles. The van der Waals surface area contributed by atoms with Crippen molar-refractivity contribution < 1.29 is 19.2 Å². The zero-order chi connectivity index (χ0) is 19.3. The van der Waals surface area contributed by atoms with Crippen molar-refractivity contribution in [3.8, 4) is 5.75 Å². The summed E-state index contributed by atoms with van der Waals surface area (Å²) in [6.07, 6.45) is 1.30. The predicted octanol–water partition coefficient (Wildman–Crippen LogP) is 2.14. The Morgan fingerprint density at radius 3 is 2.50 bits per heavy atom. The van der Waals surface area contributed by atoms with Crippen LogP contribution in [0, 0.1) is 10.1 Å². The van der Waals surface area contributed by atoms with Crippen molar-refractivity contribution in [2.75, 3.05) is 24.5 Å². The van der Waals surface area contributed by atoms with E-state index >= 15 is 0 Å². The minimum atomic E-state index is -0.732. The quantitative estimate of drug-likeness (QED) is 0.517. The zero-order valence-corrected chi connectivity index (χ0v) is 15.3. The lowest BCUT2D eigenvalue weighted by molar-refractivity contribution is -0.389. The maximum absolute atomic E-state index is 12.7. The molecule has 0 saturated heterocycles. The predicted molar refractivity (Wildman–Crippen MR) is 95.1 cm³/mol. The second kappa shape index (κ2) is 8.59. The summed E-state index contributed by atoms with van der Waals surface area (Å²) in [7, 11) is 0. The van der Waals surface area contributed by atoms with Crippen LogP contribution in [0.4, 0.5) is 11.6 Å². The summed E-state index contributed by atoms with van der Waals surface area (Å²) in [4.78, 5) is 42.6. The van der Waals surface area contributed by atoms with Crippen LogP contribution in [-0.4, -0.2) is 52.4 Å². The van der Waals surface area contributed by atoms with Crippen molar-refractivity contribution in [1.82, 2.24) is 9.88 Å². The van der Waals surface area contributed by atoms with Crippen LogP contribution in [0.1, 0.15) is 40.0 Å². The first-order valence-corrected chi connectivity index (χ1v) is 8.84. The highest BCUT2D eigenvalue weighted by atomic mass is 16.6. The number of fused-ring (bicyclic) bond motifs is 1. The van der Waals surface area contributed by atoms with E-state index in [2.05, 4.69) is 4.98 Å². The Morgan fingerprint density at radius 2 is 1.96 bits per heavy atom. The van der Waals surface area contributed by atoms with E-state index < -0.39 is 22.8 Å². The number of aromatic nitrogens is 1. The van der Waals surface area contributed by atoms with Gasteiger partial charge >= 0.3 is 5.82 Å². The fraction of sp³-hybridized carbons (Fsp3) is 0.588. The van der Waals surface area contributed by atoms with Crippen LogP contribution in [0.15, 0.2) is 12.1 Å². The van der Waals surface area contributed by atoms with Gasteiger partial charge < -0.3 is 19.8 Å². The van der Waals surface area contributed by atoms with Gasteiger partial charge in [-0.25, -0.2) is 0 Å². The number of nitro groups is 1. The van der Waals surface area contributed by atoms with Crippen molar-refractivity contribution >= 4 is 23.5 Å². The van der Waals surface area contributed by atoms with Gasteiger partial charge in [-0.15, -0.1) is 0 Å². The van der Waals surface area contributed by atoms with Crippen LogP contribution in [0.5, 0.6) is 5.75 Å². The summed E-state index contributed by atoms with van der Waals surface area (Å²) >= 11 is 0. The van der Waals surface area contributed by atoms with Crippen molar-refractivity contribution in [3.63, 3.8) is 0 Å². The molecule has 0 aromatic carbocycles. The largest absolute Gasteiger partial charge is 0.474 e. The second-order valence-electron chi connectivity index (χ2n) is 6.07. The minimum absolute atomic E-state index is 0.0233. The number of hydrogen-bond acceptors (Lipinski definition) is 6. The van der Waals surface area contributed by atoms with E-state index in [1.54, 1.807) is 11.8 Å². The summed E-state index contributed by atoms with van der Waals surface area (Å²) in [6.45, 7) is 6.73. The number of anilines is 1. The first-order valence-electron chi connectivity index (χ1n) is 8.84. The van der Waals surface area contributed by atoms with Gasteiger partial charge in [0.25, 0.3) is 11.7 Å². The number of carbonyl (C=O) groups excluding carboxylic acids is 2. The fourth-order valence-electron chi connectivity index (χ4n) is 2.84. The number of hydrogen-bond donors (Lipinski definition) is 0. The molecule has 1 aromatic heterocycles. The maximum Gasteiger partial charge on any atom is 0.366 e. The van der Waals surface area contributed by atoms with Crippen LogP contribution >= 0.6 is 0 Å². The smallest absolute Gasteiger partial charge is 0.366 e. The molecule has 2 rings (SSSR count). The summed E-state index contributed by atoms with van der Waals surface area (Å²) in [5.41, 5.74) is 0. The molecule has 0 N–H and O–H groups in total. The van der Waals surface area contributed by atoms with Crippen molar-refractivity contribution in [1.29, 1.82) is 0 Å². The highest BCUT2D eigenvalue weighted by Crippen LogP contribution is 2.34. The molecule has 26 heavy (non-hydrogen) atoms. The number of nitrogens with zero attached hydrogens (tertiary/aromatic N) is 4. The van der Waals surface area contributed by atoms with Gasteiger partial charge in [-0.1, -0.05) is 20.8 Å². The highest BCUT2D eigenvalue weighted by molar-refractivity contribution is 6.03. The van der Waals surface area contributed by atoms with E-state index in [-0.39, 0.29) is 24.0 Å². The molecular formula is C17H24N4O5. The standard InChI is InChI=1S/C17H24N4O5/c1-4-9-19(10-5-2)15(22)11-20-16-13(26-12(6-3)17(20)23)7-8-14(18-16)21(24)25/h7-8,12H,4-6,9-11H2,1-3H3. The Morgan fingerprint density at radius 1 is 1.31 bits per heavy atom. The molecule has 2 heterocycles. The van der Waals surface area contributed by atoms with Crippen LogP contribution < -0.4 is 9.64 Å². The van der Waals surface area contributed by atoms with Crippen LogP contribution in [0.2, 0.25) is 0 Å². The molecule has 0 spiro atoms. The van der Waals surface area contributed by atoms with Gasteiger partial charge in [0.2, 0.25) is 5.91 Å². The summed E-state index contributed by atoms with van der Waals surface area (Å²) in [6, 6.07) is 2.64. The van der Waals surface area contributed by atoms with E-state index in [0.29, 0.717) is 19.5 Å². The van der Waals surface area contributed by atoms with E-state index in [9.17, 15) is 19.7 Å². The molecule has 1 atom stereocenters. The first kappa shape index (κ1) is 19.6. The molecule has 1 aliphatic heterocycles. The third-order valence-corrected chi connectivity index (χ3v) is 4.08.